The Labute approximate surface area is 111 Å². The highest BCUT2D eigenvalue weighted by molar-refractivity contribution is 7.99. The van der Waals surface area contributed by atoms with Crippen LogP contribution in [0.1, 0.15) is 23.7 Å². The number of benzene rings is 1. The zero-order valence-corrected chi connectivity index (χ0v) is 11.2. The van der Waals surface area contributed by atoms with Crippen LogP contribution in [0.5, 0.6) is 0 Å². The van der Waals surface area contributed by atoms with Gasteiger partial charge in [-0.2, -0.15) is 11.8 Å². The number of thioether (sulfide) groups is 1. The lowest BCUT2D eigenvalue weighted by Crippen LogP contribution is -1.98. The quantitative estimate of drug-likeness (QED) is 0.811. The fourth-order valence-electron chi connectivity index (χ4n) is 2.08. The minimum atomic E-state index is -0.854. The Kier molecular flexibility index (Phi) is 4.31. The van der Waals surface area contributed by atoms with Crippen LogP contribution in [0.4, 0.5) is 0 Å². The second kappa shape index (κ2) is 5.96. The molecule has 0 spiro atoms. The molecule has 0 saturated carbocycles. The van der Waals surface area contributed by atoms with Crippen molar-refractivity contribution in [3.8, 4) is 0 Å². The SMILES string of the molecule is CCSCCCn1cc(C(=O)O)c2ccccc21. The van der Waals surface area contributed by atoms with Crippen molar-refractivity contribution in [1.29, 1.82) is 0 Å². The van der Waals surface area contributed by atoms with Crippen molar-refractivity contribution in [1.82, 2.24) is 4.57 Å². The first-order chi connectivity index (χ1) is 8.74. The number of aromatic nitrogens is 1. The third-order valence-electron chi connectivity index (χ3n) is 2.91. The maximum atomic E-state index is 11.2. The summed E-state index contributed by atoms with van der Waals surface area (Å²) in [5.74, 6) is 1.39. The van der Waals surface area contributed by atoms with Gasteiger partial charge in [-0.15, -0.1) is 0 Å². The minimum absolute atomic E-state index is 0.397. The Bertz CT molecular complexity index is 548. The Morgan fingerprint density at radius 2 is 2.17 bits per heavy atom. The molecule has 0 amide bonds. The van der Waals surface area contributed by atoms with Crippen LogP contribution in [0.3, 0.4) is 0 Å². The van der Waals surface area contributed by atoms with Gasteiger partial charge in [-0.25, -0.2) is 4.79 Å². The molecule has 1 N–H and O–H groups in total. The highest BCUT2D eigenvalue weighted by Gasteiger charge is 2.12. The third-order valence-corrected chi connectivity index (χ3v) is 3.90. The molecule has 96 valence electrons. The number of carboxylic acid groups (broad SMARTS) is 1. The second-order valence-corrected chi connectivity index (χ2v) is 5.50. The van der Waals surface area contributed by atoms with Gasteiger partial charge in [0.1, 0.15) is 0 Å². The molecule has 3 nitrogen and oxygen atoms in total. The predicted octanol–water partition coefficient (Wildman–Crippen LogP) is 3.48. The lowest BCUT2D eigenvalue weighted by molar-refractivity contribution is 0.0699. The van der Waals surface area contributed by atoms with Gasteiger partial charge in [0, 0.05) is 23.6 Å². The number of aryl methyl sites for hydroxylation is 1. The standard InChI is InChI=1S/C14H17NO2S/c1-2-18-9-5-8-15-10-12(14(16)17)11-6-3-4-7-13(11)15/h3-4,6-7,10H,2,5,8-9H2,1H3,(H,16,17). The van der Waals surface area contributed by atoms with Crippen molar-refractivity contribution < 1.29 is 9.90 Å². The number of rotatable bonds is 6. The first-order valence-electron chi connectivity index (χ1n) is 6.13. The van der Waals surface area contributed by atoms with E-state index < -0.39 is 5.97 Å². The fourth-order valence-corrected chi connectivity index (χ4v) is 2.71. The number of carbonyl (C=O) groups is 1. The fraction of sp³-hybridized carbons (Fsp3) is 0.357. The molecule has 0 unspecified atom stereocenters. The molecule has 2 aromatic rings. The van der Waals surface area contributed by atoms with Gasteiger partial charge in [-0.3, -0.25) is 0 Å². The summed E-state index contributed by atoms with van der Waals surface area (Å²) in [6.45, 7) is 3.03. The molecule has 0 aliphatic rings. The van der Waals surface area contributed by atoms with Gasteiger partial charge in [-0.05, 0) is 24.0 Å². The van der Waals surface area contributed by atoms with Gasteiger partial charge in [0.25, 0.3) is 0 Å². The van der Waals surface area contributed by atoms with E-state index >= 15 is 0 Å². The van der Waals surface area contributed by atoms with Crippen LogP contribution < -0.4 is 0 Å². The molecule has 0 aliphatic carbocycles. The van der Waals surface area contributed by atoms with Crippen LogP contribution in [-0.4, -0.2) is 27.1 Å². The topological polar surface area (TPSA) is 42.2 Å². The molecule has 2 rings (SSSR count). The highest BCUT2D eigenvalue weighted by atomic mass is 32.2. The van der Waals surface area contributed by atoms with Crippen LogP contribution in [0.15, 0.2) is 30.5 Å². The smallest absolute Gasteiger partial charge is 0.337 e. The van der Waals surface area contributed by atoms with Crippen LogP contribution in [0.25, 0.3) is 10.9 Å². The maximum Gasteiger partial charge on any atom is 0.337 e. The van der Waals surface area contributed by atoms with E-state index in [0.29, 0.717) is 5.56 Å². The molecule has 0 saturated heterocycles. The summed E-state index contributed by atoms with van der Waals surface area (Å²) in [4.78, 5) is 11.2. The average molecular weight is 263 g/mol. The highest BCUT2D eigenvalue weighted by Crippen LogP contribution is 2.21. The van der Waals surface area contributed by atoms with Crippen LogP contribution in [-0.2, 0) is 6.54 Å². The van der Waals surface area contributed by atoms with Gasteiger partial charge in [0.05, 0.1) is 5.56 Å². The Hall–Kier alpha value is -1.42. The molecular weight excluding hydrogens is 246 g/mol. The minimum Gasteiger partial charge on any atom is -0.478 e. The lowest BCUT2D eigenvalue weighted by atomic mass is 10.2. The van der Waals surface area contributed by atoms with E-state index in [1.165, 1.54) is 0 Å². The molecular formula is C14H17NO2S. The third kappa shape index (κ3) is 2.70. The number of hydrogen-bond acceptors (Lipinski definition) is 2. The van der Waals surface area contributed by atoms with Gasteiger partial charge in [-0.1, -0.05) is 25.1 Å². The van der Waals surface area contributed by atoms with E-state index in [1.54, 1.807) is 6.20 Å². The monoisotopic (exact) mass is 263 g/mol. The largest absolute Gasteiger partial charge is 0.478 e. The van der Waals surface area contributed by atoms with Crippen molar-refractivity contribution >= 4 is 28.6 Å². The second-order valence-electron chi connectivity index (χ2n) is 4.11. The summed E-state index contributed by atoms with van der Waals surface area (Å²) in [6.07, 6.45) is 2.82. The van der Waals surface area contributed by atoms with E-state index in [0.717, 1.165) is 35.4 Å². The first kappa shape index (κ1) is 13.0. The number of carboxylic acids is 1. The van der Waals surface area contributed by atoms with E-state index in [1.807, 2.05) is 36.0 Å². The zero-order valence-electron chi connectivity index (χ0n) is 10.4. The van der Waals surface area contributed by atoms with Gasteiger partial charge in [0.2, 0.25) is 0 Å². The van der Waals surface area contributed by atoms with E-state index in [4.69, 9.17) is 0 Å². The van der Waals surface area contributed by atoms with Gasteiger partial charge in [0.15, 0.2) is 0 Å². The summed E-state index contributed by atoms with van der Waals surface area (Å²) >= 11 is 1.92. The summed E-state index contributed by atoms with van der Waals surface area (Å²) < 4.78 is 2.05. The number of para-hydroxylation sites is 1. The van der Waals surface area contributed by atoms with Gasteiger partial charge < -0.3 is 9.67 Å². The molecule has 0 bridgehead atoms. The summed E-state index contributed by atoms with van der Waals surface area (Å²) in [6, 6.07) is 7.68. The van der Waals surface area contributed by atoms with Crippen LogP contribution in [0.2, 0.25) is 0 Å². The van der Waals surface area contributed by atoms with E-state index in [-0.39, 0.29) is 0 Å². The summed E-state index contributed by atoms with van der Waals surface area (Å²) in [7, 11) is 0. The van der Waals surface area contributed by atoms with Crippen molar-refractivity contribution in [3.05, 3.63) is 36.0 Å². The summed E-state index contributed by atoms with van der Waals surface area (Å²) in [5.41, 5.74) is 1.41. The van der Waals surface area contributed by atoms with E-state index in [9.17, 15) is 9.90 Å². The lowest BCUT2D eigenvalue weighted by Gasteiger charge is -2.04. The molecule has 4 heteroatoms. The first-order valence-corrected chi connectivity index (χ1v) is 7.28. The molecule has 0 fully saturated rings. The number of hydrogen-bond donors (Lipinski definition) is 1. The Balaban J connectivity index is 2.24. The molecule has 0 aliphatic heterocycles. The Morgan fingerprint density at radius 1 is 1.39 bits per heavy atom. The van der Waals surface area contributed by atoms with Crippen LogP contribution >= 0.6 is 11.8 Å². The molecule has 18 heavy (non-hydrogen) atoms. The van der Waals surface area contributed by atoms with Crippen molar-refractivity contribution in [3.63, 3.8) is 0 Å². The average Bonchev–Trinajstić information content (AvgIpc) is 2.74. The van der Waals surface area contributed by atoms with Crippen molar-refractivity contribution in [2.75, 3.05) is 11.5 Å². The van der Waals surface area contributed by atoms with E-state index in [2.05, 4.69) is 11.5 Å². The number of fused-ring (bicyclic) bond motifs is 1. The zero-order chi connectivity index (χ0) is 13.0. The number of nitrogens with zero attached hydrogens (tertiary/aromatic N) is 1. The van der Waals surface area contributed by atoms with Crippen LogP contribution in [0, 0.1) is 0 Å². The van der Waals surface area contributed by atoms with Crippen molar-refractivity contribution in [2.45, 2.75) is 19.9 Å². The van der Waals surface area contributed by atoms with Gasteiger partial charge >= 0.3 is 5.97 Å². The normalized spacial score (nSPS) is 10.9. The predicted molar refractivity (Wildman–Crippen MR) is 76.5 cm³/mol. The Morgan fingerprint density at radius 3 is 2.89 bits per heavy atom. The molecule has 1 heterocycles. The molecule has 1 aromatic carbocycles. The molecule has 0 atom stereocenters. The summed E-state index contributed by atoms with van der Waals surface area (Å²) in [5, 5.41) is 10.0. The number of aromatic carboxylic acids is 1. The molecule has 1 aromatic heterocycles. The van der Waals surface area contributed by atoms with Crippen molar-refractivity contribution in [2.24, 2.45) is 0 Å². The maximum absolute atomic E-state index is 11.2. The molecule has 0 radical (unpaired) electrons.